The minimum atomic E-state index is -0.688. The first-order valence-electron chi connectivity index (χ1n) is 11.0. The molecule has 8 nitrogen and oxygen atoms in total. The molecular formula is C25H19ClFN5O3S. The van der Waals surface area contributed by atoms with Crippen LogP contribution in [0.3, 0.4) is 0 Å². The molecule has 0 saturated carbocycles. The quantitative estimate of drug-likeness (QED) is 0.370. The maximum absolute atomic E-state index is 13.8. The summed E-state index contributed by atoms with van der Waals surface area (Å²) in [4.78, 5) is 44.4. The van der Waals surface area contributed by atoms with Gasteiger partial charge < -0.3 is 5.32 Å². The highest BCUT2D eigenvalue weighted by Gasteiger charge is 2.36. The van der Waals surface area contributed by atoms with Crippen LogP contribution < -0.4 is 5.32 Å². The van der Waals surface area contributed by atoms with E-state index in [1.165, 1.54) is 29.7 Å². The van der Waals surface area contributed by atoms with E-state index in [-0.39, 0.29) is 18.7 Å². The van der Waals surface area contributed by atoms with E-state index < -0.39 is 29.6 Å². The van der Waals surface area contributed by atoms with E-state index in [9.17, 15) is 18.8 Å². The maximum Gasteiger partial charge on any atom is 0.271 e. The van der Waals surface area contributed by atoms with E-state index >= 15 is 0 Å². The van der Waals surface area contributed by atoms with Crippen LogP contribution in [0, 0.1) is 5.82 Å². The minimum absolute atomic E-state index is 0.0842. The number of rotatable bonds is 7. The van der Waals surface area contributed by atoms with Crippen LogP contribution in [0.5, 0.6) is 0 Å². The number of carbonyl (C=O) groups is 3. The van der Waals surface area contributed by atoms with Gasteiger partial charge in [-0.25, -0.2) is 9.37 Å². The molecule has 0 aliphatic carbocycles. The Morgan fingerprint density at radius 1 is 1.14 bits per heavy atom. The Morgan fingerprint density at radius 3 is 2.50 bits per heavy atom. The molecule has 1 N–H and O–H groups in total. The zero-order valence-corrected chi connectivity index (χ0v) is 20.5. The lowest BCUT2D eigenvalue weighted by atomic mass is 10.0. The normalized spacial score (nSPS) is 13.7. The molecule has 0 radical (unpaired) electrons. The van der Waals surface area contributed by atoms with Gasteiger partial charge in [-0.15, -0.1) is 11.3 Å². The maximum atomic E-state index is 13.8. The number of benzene rings is 2. The van der Waals surface area contributed by atoms with Crippen LogP contribution in [0.15, 0.2) is 60.1 Å². The van der Waals surface area contributed by atoms with E-state index in [1.54, 1.807) is 53.5 Å². The average molecular weight is 524 g/mol. The van der Waals surface area contributed by atoms with Crippen molar-refractivity contribution < 1.29 is 18.8 Å². The van der Waals surface area contributed by atoms with Crippen LogP contribution in [-0.4, -0.2) is 50.0 Å². The molecule has 2 aromatic carbocycles. The number of aryl methyl sites for hydroxylation is 1. The molecule has 5 rings (SSSR count). The zero-order valence-electron chi connectivity index (χ0n) is 18.9. The number of halogens is 2. The molecule has 182 valence electrons. The van der Waals surface area contributed by atoms with Gasteiger partial charge in [0, 0.05) is 19.0 Å². The van der Waals surface area contributed by atoms with E-state index in [2.05, 4.69) is 15.4 Å². The molecule has 0 saturated heterocycles. The van der Waals surface area contributed by atoms with Gasteiger partial charge in [-0.2, -0.15) is 5.10 Å². The second-order valence-electron chi connectivity index (χ2n) is 8.27. The van der Waals surface area contributed by atoms with Crippen molar-refractivity contribution in [2.24, 2.45) is 7.05 Å². The van der Waals surface area contributed by atoms with Crippen molar-refractivity contribution in [3.8, 4) is 10.7 Å². The van der Waals surface area contributed by atoms with E-state index in [0.29, 0.717) is 32.4 Å². The smallest absolute Gasteiger partial charge is 0.271 e. The molecule has 4 aromatic rings. The van der Waals surface area contributed by atoms with Crippen LogP contribution in [0.4, 0.5) is 4.39 Å². The summed E-state index contributed by atoms with van der Waals surface area (Å²) in [6, 6.07) is 11.8. The molecule has 0 spiro atoms. The Morgan fingerprint density at radius 2 is 1.86 bits per heavy atom. The van der Waals surface area contributed by atoms with E-state index in [1.807, 2.05) is 0 Å². The van der Waals surface area contributed by atoms with Gasteiger partial charge in [0.2, 0.25) is 0 Å². The van der Waals surface area contributed by atoms with Gasteiger partial charge >= 0.3 is 0 Å². The van der Waals surface area contributed by atoms with Crippen LogP contribution >= 0.6 is 22.9 Å². The first-order chi connectivity index (χ1) is 17.3. The fraction of sp³-hybridized carbons (Fsp3) is 0.160. The lowest BCUT2D eigenvalue weighted by molar-refractivity contribution is 0.0628. The first-order valence-corrected chi connectivity index (χ1v) is 12.2. The molecule has 1 aliphatic heterocycles. The topological polar surface area (TPSA) is 97.2 Å². The third-order valence-electron chi connectivity index (χ3n) is 5.82. The molecule has 1 unspecified atom stereocenters. The Hall–Kier alpha value is -3.89. The van der Waals surface area contributed by atoms with Crippen LogP contribution in [0.2, 0.25) is 5.02 Å². The lowest BCUT2D eigenvalue weighted by Crippen LogP contribution is -2.47. The lowest BCUT2D eigenvalue weighted by Gasteiger charge is -2.23. The third kappa shape index (κ3) is 4.52. The standard InChI is InChI=1S/C25H19ClFN5O3S/c1-31-21(19(26)11-28-31)23-30-20(13-36-23)22(33)29-16(10-14-5-4-6-15(27)9-14)12-32-24(34)17-7-2-3-8-18(17)25(32)35/h2-9,11,13,16H,10,12H2,1H3,(H,29,33). The summed E-state index contributed by atoms with van der Waals surface area (Å²) in [5.74, 6) is -1.78. The molecule has 3 heterocycles. The summed E-state index contributed by atoms with van der Waals surface area (Å²) in [5, 5.41) is 9.48. The number of nitrogens with one attached hydrogen (secondary N) is 1. The molecule has 3 amide bonds. The summed E-state index contributed by atoms with van der Waals surface area (Å²) in [6.45, 7) is -0.0842. The predicted octanol–water partition coefficient (Wildman–Crippen LogP) is 3.97. The Labute approximate surface area is 214 Å². The second kappa shape index (κ2) is 9.63. The number of amides is 3. The fourth-order valence-corrected chi connectivity index (χ4v) is 5.33. The van der Waals surface area contributed by atoms with Crippen molar-refractivity contribution >= 4 is 40.7 Å². The van der Waals surface area contributed by atoms with Gasteiger partial charge in [0.1, 0.15) is 22.2 Å². The first kappa shape index (κ1) is 23.8. The van der Waals surface area contributed by atoms with Crippen molar-refractivity contribution in [1.82, 2.24) is 25.0 Å². The number of imide groups is 1. The molecule has 2 aromatic heterocycles. The number of hydrogen-bond acceptors (Lipinski definition) is 6. The molecular weight excluding hydrogens is 505 g/mol. The van der Waals surface area contributed by atoms with E-state index in [4.69, 9.17) is 11.6 Å². The van der Waals surface area contributed by atoms with Crippen molar-refractivity contribution in [1.29, 1.82) is 0 Å². The average Bonchev–Trinajstić information content (AvgIpc) is 3.53. The molecule has 1 atom stereocenters. The summed E-state index contributed by atoms with van der Waals surface area (Å²) in [7, 11) is 1.72. The SMILES string of the molecule is Cn1ncc(Cl)c1-c1nc(C(=O)NC(Cc2cccc(F)c2)CN2C(=O)c3ccccc3C2=O)cs1. The van der Waals surface area contributed by atoms with Gasteiger partial charge in [0.15, 0.2) is 0 Å². The number of nitrogens with zero attached hydrogens (tertiary/aromatic N) is 4. The largest absolute Gasteiger partial charge is 0.346 e. The van der Waals surface area contributed by atoms with Crippen molar-refractivity contribution in [3.63, 3.8) is 0 Å². The van der Waals surface area contributed by atoms with E-state index in [0.717, 1.165) is 4.90 Å². The Kier molecular flexibility index (Phi) is 6.38. The van der Waals surface area contributed by atoms with Crippen LogP contribution in [0.25, 0.3) is 10.7 Å². The van der Waals surface area contributed by atoms with Crippen molar-refractivity contribution in [3.05, 3.63) is 93.3 Å². The number of thiazole rings is 1. The minimum Gasteiger partial charge on any atom is -0.346 e. The highest BCUT2D eigenvalue weighted by Crippen LogP contribution is 2.30. The fourth-order valence-electron chi connectivity index (χ4n) is 4.13. The second-order valence-corrected chi connectivity index (χ2v) is 9.54. The molecule has 36 heavy (non-hydrogen) atoms. The number of aromatic nitrogens is 3. The molecule has 0 fully saturated rings. The van der Waals surface area contributed by atoms with Crippen LogP contribution in [0.1, 0.15) is 36.8 Å². The predicted molar refractivity (Wildman–Crippen MR) is 132 cm³/mol. The monoisotopic (exact) mass is 523 g/mol. The number of carbonyl (C=O) groups excluding carboxylic acids is 3. The van der Waals surface area contributed by atoms with Gasteiger partial charge in [0.25, 0.3) is 17.7 Å². The van der Waals surface area contributed by atoms with Gasteiger partial charge in [-0.3, -0.25) is 24.0 Å². The summed E-state index contributed by atoms with van der Waals surface area (Å²) < 4.78 is 15.4. The highest BCUT2D eigenvalue weighted by atomic mass is 35.5. The zero-order chi connectivity index (χ0) is 25.4. The third-order valence-corrected chi connectivity index (χ3v) is 6.95. The summed E-state index contributed by atoms with van der Waals surface area (Å²) >= 11 is 7.44. The molecule has 11 heteroatoms. The Bertz CT molecular complexity index is 1450. The number of hydrogen-bond donors (Lipinski definition) is 1. The van der Waals surface area contributed by atoms with Gasteiger partial charge in [0.05, 0.1) is 28.4 Å². The summed E-state index contributed by atoms with van der Waals surface area (Å²) in [6.07, 6.45) is 1.69. The van der Waals surface area contributed by atoms with Crippen molar-refractivity contribution in [2.75, 3.05) is 6.54 Å². The number of fused-ring (bicyclic) bond motifs is 1. The molecule has 1 aliphatic rings. The van der Waals surface area contributed by atoms with Gasteiger partial charge in [-0.05, 0) is 36.2 Å². The van der Waals surface area contributed by atoms with Crippen LogP contribution in [-0.2, 0) is 13.5 Å². The summed E-state index contributed by atoms with van der Waals surface area (Å²) in [5.41, 5.74) is 1.98. The molecule has 0 bridgehead atoms. The van der Waals surface area contributed by atoms with Gasteiger partial charge in [-0.1, -0.05) is 35.9 Å². The Balaban J connectivity index is 1.39. The van der Waals surface area contributed by atoms with Crippen molar-refractivity contribution in [2.45, 2.75) is 12.5 Å². The highest BCUT2D eigenvalue weighted by molar-refractivity contribution is 7.13.